The highest BCUT2D eigenvalue weighted by Crippen LogP contribution is 2.55. The van der Waals surface area contributed by atoms with Crippen molar-refractivity contribution in [2.45, 2.75) is 49.4 Å². The van der Waals surface area contributed by atoms with E-state index >= 15 is 0 Å². The smallest absolute Gasteiger partial charge is 0.392 e. The van der Waals surface area contributed by atoms with Crippen LogP contribution in [0.25, 0.3) is 0 Å². The van der Waals surface area contributed by atoms with Crippen LogP contribution >= 0.6 is 0 Å². The fraction of sp³-hybridized carbons (Fsp3) is 0.727. The largest absolute Gasteiger partial charge is 0.478 e. The summed E-state index contributed by atoms with van der Waals surface area (Å²) in [6, 6.07) is 0. The summed E-state index contributed by atoms with van der Waals surface area (Å²) in [6.45, 7) is 0.226. The number of alkyl halides is 12. The number of carbonyl (C=O) groups is 1. The maximum absolute atomic E-state index is 13.2. The van der Waals surface area contributed by atoms with Crippen LogP contribution in [-0.2, 0) is 4.79 Å². The lowest BCUT2D eigenvalue weighted by Crippen LogP contribution is -2.64. The number of carboxylic acids is 1. The van der Waals surface area contributed by atoms with E-state index in [0.29, 0.717) is 0 Å². The van der Waals surface area contributed by atoms with Crippen LogP contribution in [0.1, 0.15) is 13.3 Å². The van der Waals surface area contributed by atoms with E-state index in [1.54, 1.807) is 0 Å². The quantitative estimate of drug-likeness (QED) is 0.490. The second-order valence-electron chi connectivity index (χ2n) is 4.81. The number of hydrogen-bond acceptors (Lipinski definition) is 1. The highest BCUT2D eigenvalue weighted by molar-refractivity contribution is 5.86. The number of halogens is 12. The van der Waals surface area contributed by atoms with Gasteiger partial charge in [0.2, 0.25) is 0 Å². The molecule has 0 aromatic carbocycles. The molecule has 0 amide bonds. The van der Waals surface area contributed by atoms with E-state index in [2.05, 4.69) is 0 Å². The standard InChI is InChI=1S/C11H8F12O2/c1-4(6(24)25)2-7(13,14)10(20,21)11(22,23)9(18,19)5(12)3-8(15,16)17/h2,5H,3H2,1H3,(H,24,25). The van der Waals surface area contributed by atoms with Gasteiger partial charge in [0.25, 0.3) is 0 Å². The molecule has 0 fully saturated rings. The van der Waals surface area contributed by atoms with Crippen molar-refractivity contribution in [3.63, 3.8) is 0 Å². The Morgan fingerprint density at radius 3 is 1.64 bits per heavy atom. The Labute approximate surface area is 131 Å². The van der Waals surface area contributed by atoms with Crippen LogP contribution in [0.4, 0.5) is 52.7 Å². The third-order valence-electron chi connectivity index (χ3n) is 2.77. The van der Waals surface area contributed by atoms with Gasteiger partial charge in [-0.25, -0.2) is 9.18 Å². The maximum Gasteiger partial charge on any atom is 0.392 e. The van der Waals surface area contributed by atoms with Crippen molar-refractivity contribution in [1.82, 2.24) is 0 Å². The van der Waals surface area contributed by atoms with Crippen LogP contribution in [0.5, 0.6) is 0 Å². The summed E-state index contributed by atoms with van der Waals surface area (Å²) < 4.78 is 154. The first-order chi connectivity index (χ1) is 10.7. The van der Waals surface area contributed by atoms with E-state index in [0.717, 1.165) is 0 Å². The molecule has 0 bridgehead atoms. The SMILES string of the molecule is CC(=CC(F)(F)C(F)(F)C(F)(F)C(F)(F)C(F)CC(F)(F)F)C(=O)O. The van der Waals surface area contributed by atoms with Gasteiger partial charge in [-0.2, -0.15) is 48.3 Å². The molecule has 148 valence electrons. The van der Waals surface area contributed by atoms with Crippen molar-refractivity contribution < 1.29 is 62.6 Å². The van der Waals surface area contributed by atoms with Gasteiger partial charge < -0.3 is 5.11 Å². The minimum atomic E-state index is -7.29. The zero-order chi connectivity index (χ0) is 20.6. The first kappa shape index (κ1) is 23.4. The van der Waals surface area contributed by atoms with Crippen LogP contribution in [0.15, 0.2) is 11.6 Å². The van der Waals surface area contributed by atoms with E-state index in [1.165, 1.54) is 0 Å². The van der Waals surface area contributed by atoms with Crippen molar-refractivity contribution in [2.75, 3.05) is 0 Å². The van der Waals surface area contributed by atoms with E-state index < -0.39 is 60.1 Å². The zero-order valence-corrected chi connectivity index (χ0v) is 11.8. The van der Waals surface area contributed by atoms with Crippen molar-refractivity contribution in [3.05, 3.63) is 11.6 Å². The van der Waals surface area contributed by atoms with Crippen molar-refractivity contribution >= 4 is 5.97 Å². The number of aliphatic carboxylic acids is 1. The molecule has 0 rings (SSSR count). The third kappa shape index (κ3) is 4.51. The fourth-order valence-corrected chi connectivity index (χ4v) is 1.37. The summed E-state index contributed by atoms with van der Waals surface area (Å²) in [5, 5.41) is 8.22. The molecular formula is C11H8F12O2. The van der Waals surface area contributed by atoms with Crippen LogP contribution in [0.3, 0.4) is 0 Å². The first-order valence-corrected chi connectivity index (χ1v) is 5.85. The summed E-state index contributed by atoms with van der Waals surface area (Å²) in [6.07, 6.45) is -15.4. The lowest BCUT2D eigenvalue weighted by molar-refractivity contribution is -0.369. The number of carboxylic acid groups (broad SMARTS) is 1. The van der Waals surface area contributed by atoms with Crippen LogP contribution < -0.4 is 0 Å². The van der Waals surface area contributed by atoms with Crippen LogP contribution in [-0.4, -0.2) is 47.1 Å². The van der Waals surface area contributed by atoms with E-state index in [-0.39, 0.29) is 6.92 Å². The molecule has 0 saturated heterocycles. The molecule has 0 spiro atoms. The average molecular weight is 400 g/mol. The van der Waals surface area contributed by atoms with Crippen LogP contribution in [0.2, 0.25) is 0 Å². The van der Waals surface area contributed by atoms with Gasteiger partial charge in [0.1, 0.15) is 0 Å². The molecule has 14 heteroatoms. The van der Waals surface area contributed by atoms with Gasteiger partial charge in [-0.3, -0.25) is 0 Å². The van der Waals surface area contributed by atoms with Gasteiger partial charge in [0, 0.05) is 11.6 Å². The molecule has 1 atom stereocenters. The Kier molecular flexibility index (Phi) is 6.16. The van der Waals surface area contributed by atoms with Crippen molar-refractivity contribution in [2.24, 2.45) is 0 Å². The maximum atomic E-state index is 13.2. The Bertz CT molecular complexity index is 534. The highest BCUT2D eigenvalue weighted by Gasteiger charge is 2.82. The minimum Gasteiger partial charge on any atom is -0.478 e. The highest BCUT2D eigenvalue weighted by atomic mass is 19.4. The lowest BCUT2D eigenvalue weighted by Gasteiger charge is -2.37. The van der Waals surface area contributed by atoms with Gasteiger partial charge in [0.05, 0.1) is 6.42 Å². The zero-order valence-electron chi connectivity index (χ0n) is 11.8. The molecule has 0 radical (unpaired) electrons. The molecule has 1 unspecified atom stereocenters. The molecule has 25 heavy (non-hydrogen) atoms. The second kappa shape index (κ2) is 6.59. The molecule has 0 heterocycles. The van der Waals surface area contributed by atoms with Gasteiger partial charge >= 0.3 is 35.8 Å². The Balaban J connectivity index is 6.02. The van der Waals surface area contributed by atoms with Gasteiger partial charge in [-0.15, -0.1) is 0 Å². The van der Waals surface area contributed by atoms with Crippen LogP contribution in [0, 0.1) is 0 Å². The molecule has 0 saturated carbocycles. The normalized spacial score (nSPS) is 16.8. The number of allylic oxidation sites excluding steroid dienone is 1. The predicted molar refractivity (Wildman–Crippen MR) is 56.7 cm³/mol. The molecule has 1 N–H and O–H groups in total. The number of rotatable bonds is 7. The third-order valence-corrected chi connectivity index (χ3v) is 2.77. The molecule has 0 aromatic heterocycles. The number of hydrogen-bond donors (Lipinski definition) is 1. The summed E-state index contributed by atoms with van der Waals surface area (Å²) in [5.74, 6) is -29.8. The topological polar surface area (TPSA) is 37.3 Å². The van der Waals surface area contributed by atoms with Gasteiger partial charge in [-0.1, -0.05) is 0 Å². The summed E-state index contributed by atoms with van der Waals surface area (Å²) >= 11 is 0. The predicted octanol–water partition coefficient (Wildman–Crippen LogP) is 4.85. The first-order valence-electron chi connectivity index (χ1n) is 5.85. The summed E-state index contributed by atoms with van der Waals surface area (Å²) in [7, 11) is 0. The van der Waals surface area contributed by atoms with Gasteiger partial charge in [0.15, 0.2) is 6.17 Å². The van der Waals surface area contributed by atoms with Crippen molar-refractivity contribution in [3.8, 4) is 0 Å². The van der Waals surface area contributed by atoms with E-state index in [1.807, 2.05) is 0 Å². The summed E-state index contributed by atoms with van der Waals surface area (Å²) in [5.41, 5.74) is -1.66. The monoisotopic (exact) mass is 400 g/mol. The second-order valence-corrected chi connectivity index (χ2v) is 4.81. The van der Waals surface area contributed by atoms with Crippen molar-refractivity contribution in [1.29, 1.82) is 0 Å². The van der Waals surface area contributed by atoms with E-state index in [4.69, 9.17) is 5.11 Å². The summed E-state index contributed by atoms with van der Waals surface area (Å²) in [4.78, 5) is 10.2. The Morgan fingerprint density at radius 2 is 1.32 bits per heavy atom. The lowest BCUT2D eigenvalue weighted by atomic mass is 9.93. The van der Waals surface area contributed by atoms with Gasteiger partial charge in [-0.05, 0) is 6.92 Å². The molecule has 2 nitrogen and oxygen atoms in total. The Morgan fingerprint density at radius 1 is 0.920 bits per heavy atom. The molecule has 0 aromatic rings. The fourth-order valence-electron chi connectivity index (χ4n) is 1.37. The van der Waals surface area contributed by atoms with E-state index in [9.17, 15) is 57.5 Å². The molecular weight excluding hydrogens is 392 g/mol. The Hall–Kier alpha value is -1.63. The molecule has 0 aliphatic heterocycles. The average Bonchev–Trinajstić information content (AvgIpc) is 2.34. The molecule has 0 aliphatic carbocycles. The molecule has 0 aliphatic rings. The minimum absolute atomic E-state index is 0.226.